The Balaban J connectivity index is 2.13. The minimum Gasteiger partial charge on any atom is -0.395 e. The Bertz CT molecular complexity index is 430. The zero-order valence-corrected chi connectivity index (χ0v) is 10.9. The fraction of sp³-hybridized carbons (Fsp3) is 0.667. The highest BCUT2D eigenvalue weighted by molar-refractivity contribution is 5.97. The number of amides is 1. The zero-order valence-electron chi connectivity index (χ0n) is 10.9. The number of ether oxygens (including phenoxy) is 1. The largest absolute Gasteiger partial charge is 0.395 e. The number of carbonyl (C=O) groups is 1. The van der Waals surface area contributed by atoms with Crippen molar-refractivity contribution in [1.29, 1.82) is 0 Å². The number of hydrogen-bond donors (Lipinski definition) is 2. The van der Waals surface area contributed by atoms with Crippen molar-refractivity contribution in [3.63, 3.8) is 0 Å². The van der Waals surface area contributed by atoms with Gasteiger partial charge in [0.25, 0.3) is 5.91 Å². The van der Waals surface area contributed by atoms with Crippen molar-refractivity contribution < 1.29 is 9.53 Å². The van der Waals surface area contributed by atoms with Crippen LogP contribution >= 0.6 is 0 Å². The Morgan fingerprint density at radius 2 is 2.44 bits per heavy atom. The first-order valence-corrected chi connectivity index (χ1v) is 6.37. The molecule has 1 aliphatic heterocycles. The van der Waals surface area contributed by atoms with Gasteiger partial charge in [0.2, 0.25) is 0 Å². The van der Waals surface area contributed by atoms with Gasteiger partial charge in [-0.2, -0.15) is 5.10 Å². The van der Waals surface area contributed by atoms with Crippen molar-refractivity contribution >= 4 is 11.6 Å². The molecule has 1 fully saturated rings. The van der Waals surface area contributed by atoms with Crippen LogP contribution in [0.25, 0.3) is 0 Å². The molecule has 6 heteroatoms. The molecule has 1 aromatic heterocycles. The Labute approximate surface area is 106 Å². The number of H-pyrrole nitrogens is 1. The zero-order chi connectivity index (χ0) is 13.1. The first-order valence-electron chi connectivity index (χ1n) is 6.37. The van der Waals surface area contributed by atoms with Crippen LogP contribution in [0.1, 0.15) is 36.5 Å². The van der Waals surface area contributed by atoms with Crippen molar-refractivity contribution in [2.24, 2.45) is 0 Å². The number of aromatic nitrogens is 2. The fourth-order valence-corrected chi connectivity index (χ4v) is 2.14. The van der Waals surface area contributed by atoms with Gasteiger partial charge >= 0.3 is 0 Å². The van der Waals surface area contributed by atoms with E-state index in [1.165, 1.54) is 0 Å². The van der Waals surface area contributed by atoms with E-state index < -0.39 is 0 Å². The van der Waals surface area contributed by atoms with Crippen LogP contribution in [-0.2, 0) is 11.2 Å². The van der Waals surface area contributed by atoms with Gasteiger partial charge in [0, 0.05) is 13.1 Å². The summed E-state index contributed by atoms with van der Waals surface area (Å²) < 4.78 is 5.41. The normalized spacial score (nSPS) is 20.1. The first kappa shape index (κ1) is 12.9. The van der Waals surface area contributed by atoms with E-state index in [4.69, 9.17) is 10.5 Å². The van der Waals surface area contributed by atoms with Crippen molar-refractivity contribution in [1.82, 2.24) is 15.1 Å². The quantitative estimate of drug-likeness (QED) is 0.833. The van der Waals surface area contributed by atoms with Crippen LogP contribution < -0.4 is 5.73 Å². The maximum atomic E-state index is 12.3. The lowest BCUT2D eigenvalue weighted by molar-refractivity contribution is -0.0126. The lowest BCUT2D eigenvalue weighted by Gasteiger charge is -2.30. The van der Waals surface area contributed by atoms with Crippen molar-refractivity contribution in [2.75, 3.05) is 25.4 Å². The van der Waals surface area contributed by atoms with Gasteiger partial charge in [-0.25, -0.2) is 0 Å². The van der Waals surface area contributed by atoms with E-state index in [0.29, 0.717) is 31.1 Å². The molecule has 0 radical (unpaired) electrons. The molecule has 0 aliphatic carbocycles. The summed E-state index contributed by atoms with van der Waals surface area (Å²) in [4.78, 5) is 14.0. The van der Waals surface area contributed by atoms with Gasteiger partial charge in [0.05, 0.1) is 24.1 Å². The molecule has 0 saturated carbocycles. The van der Waals surface area contributed by atoms with E-state index in [-0.39, 0.29) is 12.0 Å². The second-order valence-electron chi connectivity index (χ2n) is 4.65. The van der Waals surface area contributed by atoms with Gasteiger partial charge in [-0.05, 0) is 13.3 Å². The number of nitrogens with one attached hydrogen (secondary N) is 1. The molecular weight excluding hydrogens is 232 g/mol. The molecule has 3 N–H and O–H groups in total. The summed E-state index contributed by atoms with van der Waals surface area (Å²) in [5.41, 5.74) is 7.64. The molecule has 1 unspecified atom stereocenters. The first-order chi connectivity index (χ1) is 8.63. The summed E-state index contributed by atoms with van der Waals surface area (Å²) in [5.74, 6) is -0.110. The predicted octanol–water partition coefficient (Wildman–Crippen LogP) is 0.805. The Morgan fingerprint density at radius 1 is 1.67 bits per heavy atom. The maximum absolute atomic E-state index is 12.3. The van der Waals surface area contributed by atoms with E-state index in [1.807, 2.05) is 6.92 Å². The number of nitrogen functional groups attached to an aromatic ring is 1. The van der Waals surface area contributed by atoms with E-state index in [9.17, 15) is 4.79 Å². The predicted molar refractivity (Wildman–Crippen MR) is 68.3 cm³/mol. The molecule has 1 aliphatic rings. The van der Waals surface area contributed by atoms with Crippen LogP contribution in [0.15, 0.2) is 0 Å². The average molecular weight is 252 g/mol. The van der Waals surface area contributed by atoms with Crippen LogP contribution in [0.2, 0.25) is 0 Å². The molecule has 1 saturated heterocycles. The van der Waals surface area contributed by atoms with E-state index in [2.05, 4.69) is 17.1 Å². The second kappa shape index (κ2) is 5.39. The number of hydrogen-bond acceptors (Lipinski definition) is 4. The molecule has 1 amide bonds. The molecule has 18 heavy (non-hydrogen) atoms. The molecule has 6 nitrogen and oxygen atoms in total. The Morgan fingerprint density at radius 3 is 3.11 bits per heavy atom. The summed E-state index contributed by atoms with van der Waals surface area (Å²) >= 11 is 0. The van der Waals surface area contributed by atoms with Crippen molar-refractivity contribution in [3.05, 3.63) is 11.4 Å². The highest BCUT2D eigenvalue weighted by Crippen LogP contribution is 2.18. The molecule has 1 aromatic rings. The minimum absolute atomic E-state index is 0.0676. The Hall–Kier alpha value is -1.56. The van der Waals surface area contributed by atoms with Gasteiger partial charge in [-0.1, -0.05) is 13.3 Å². The third-order valence-electron chi connectivity index (χ3n) is 3.11. The third kappa shape index (κ3) is 2.48. The van der Waals surface area contributed by atoms with E-state index >= 15 is 0 Å². The van der Waals surface area contributed by atoms with Gasteiger partial charge in [0.15, 0.2) is 5.69 Å². The number of nitrogens with two attached hydrogens (primary N) is 1. The number of rotatable bonds is 3. The van der Waals surface area contributed by atoms with Gasteiger partial charge in [-0.15, -0.1) is 0 Å². The molecular formula is C12H20N4O2. The van der Waals surface area contributed by atoms with Crippen LogP contribution in [-0.4, -0.2) is 46.8 Å². The van der Waals surface area contributed by atoms with Crippen LogP contribution in [0, 0.1) is 0 Å². The number of nitrogens with zero attached hydrogens (tertiary/aromatic N) is 2. The lowest BCUT2D eigenvalue weighted by Crippen LogP contribution is -2.44. The smallest absolute Gasteiger partial charge is 0.276 e. The molecule has 1 atom stereocenters. The molecule has 0 aromatic carbocycles. The van der Waals surface area contributed by atoms with Crippen molar-refractivity contribution in [2.45, 2.75) is 32.8 Å². The summed E-state index contributed by atoms with van der Waals surface area (Å²) in [6.07, 6.45) is 1.85. The maximum Gasteiger partial charge on any atom is 0.276 e. The van der Waals surface area contributed by atoms with Crippen LogP contribution in [0.3, 0.4) is 0 Å². The van der Waals surface area contributed by atoms with E-state index in [0.717, 1.165) is 18.5 Å². The molecule has 2 heterocycles. The molecule has 2 rings (SSSR count). The summed E-state index contributed by atoms with van der Waals surface area (Å²) in [5, 5.41) is 6.90. The highest BCUT2D eigenvalue weighted by Gasteiger charge is 2.26. The van der Waals surface area contributed by atoms with Gasteiger partial charge in [0.1, 0.15) is 0 Å². The SMILES string of the molecule is CCCc1[nH]nc(C(=O)N2CCOC(C)C2)c1N. The number of morpholine rings is 1. The standard InChI is InChI=1S/C12H20N4O2/c1-3-4-9-10(13)11(15-14-9)12(17)16-5-6-18-8(2)7-16/h8H,3-7,13H2,1-2H3,(H,14,15). The van der Waals surface area contributed by atoms with Crippen LogP contribution in [0.4, 0.5) is 5.69 Å². The molecule has 0 bridgehead atoms. The number of aryl methyl sites for hydroxylation is 1. The summed E-state index contributed by atoms with van der Waals surface area (Å²) in [7, 11) is 0. The lowest BCUT2D eigenvalue weighted by atomic mass is 10.2. The number of carbonyl (C=O) groups excluding carboxylic acids is 1. The number of aromatic amines is 1. The highest BCUT2D eigenvalue weighted by atomic mass is 16.5. The summed E-state index contributed by atoms with van der Waals surface area (Å²) in [6.45, 7) is 5.77. The number of anilines is 1. The fourth-order valence-electron chi connectivity index (χ4n) is 2.14. The topological polar surface area (TPSA) is 84.2 Å². The van der Waals surface area contributed by atoms with Gasteiger partial charge in [-0.3, -0.25) is 9.89 Å². The van der Waals surface area contributed by atoms with Crippen LogP contribution in [0.5, 0.6) is 0 Å². The monoisotopic (exact) mass is 252 g/mol. The minimum atomic E-state index is -0.110. The van der Waals surface area contributed by atoms with E-state index in [1.54, 1.807) is 4.90 Å². The second-order valence-corrected chi connectivity index (χ2v) is 4.65. The van der Waals surface area contributed by atoms with Crippen molar-refractivity contribution in [3.8, 4) is 0 Å². The third-order valence-corrected chi connectivity index (χ3v) is 3.11. The van der Waals surface area contributed by atoms with Gasteiger partial charge < -0.3 is 15.4 Å². The molecule has 100 valence electrons. The Kier molecular flexibility index (Phi) is 3.86. The summed E-state index contributed by atoms with van der Waals surface area (Å²) in [6, 6.07) is 0. The average Bonchev–Trinajstić information content (AvgIpc) is 2.71. The molecule has 0 spiro atoms.